The van der Waals surface area contributed by atoms with Gasteiger partial charge in [0.2, 0.25) is 5.91 Å². The van der Waals surface area contributed by atoms with E-state index in [9.17, 15) is 9.18 Å². The van der Waals surface area contributed by atoms with Crippen molar-refractivity contribution >= 4 is 28.9 Å². The van der Waals surface area contributed by atoms with Crippen molar-refractivity contribution in [1.29, 1.82) is 0 Å². The number of benzene rings is 2. The van der Waals surface area contributed by atoms with Gasteiger partial charge in [0.25, 0.3) is 0 Å². The minimum Gasteiger partial charge on any atom is -0.493 e. The monoisotopic (exact) mass is 464 g/mol. The Morgan fingerprint density at radius 1 is 1.21 bits per heavy atom. The number of fused-ring (bicyclic) bond motifs is 1. The number of thioether (sulfide) groups is 1. The highest BCUT2D eigenvalue weighted by Crippen LogP contribution is 2.32. The van der Waals surface area contributed by atoms with Crippen LogP contribution in [0.1, 0.15) is 25.3 Å². The molecule has 2 heterocycles. The lowest BCUT2D eigenvalue weighted by atomic mass is 10.1. The van der Waals surface area contributed by atoms with Gasteiger partial charge in [0.05, 0.1) is 23.6 Å². The lowest BCUT2D eigenvalue weighted by molar-refractivity contribution is -0.113. The summed E-state index contributed by atoms with van der Waals surface area (Å²) in [6.45, 7) is 4.61. The van der Waals surface area contributed by atoms with Crippen molar-refractivity contribution in [3.05, 3.63) is 72.3 Å². The van der Waals surface area contributed by atoms with Crippen molar-refractivity contribution in [3.8, 4) is 17.0 Å². The summed E-state index contributed by atoms with van der Waals surface area (Å²) in [5, 5.41) is 8.14. The number of aromatic nitrogens is 3. The van der Waals surface area contributed by atoms with Gasteiger partial charge in [-0.05, 0) is 49.2 Å². The number of amides is 1. The summed E-state index contributed by atoms with van der Waals surface area (Å²) in [6.07, 6.45) is 5.49. The third kappa shape index (κ3) is 5.51. The zero-order valence-electron chi connectivity index (χ0n) is 18.5. The third-order valence-electron chi connectivity index (χ3n) is 5.09. The quantitative estimate of drug-likeness (QED) is 0.252. The molecule has 0 saturated heterocycles. The summed E-state index contributed by atoms with van der Waals surface area (Å²) in [5.41, 5.74) is 3.76. The minimum atomic E-state index is -0.388. The van der Waals surface area contributed by atoms with Crippen molar-refractivity contribution in [2.75, 3.05) is 17.7 Å². The normalized spacial score (nSPS) is 11.0. The molecule has 1 N–H and O–H groups in total. The fraction of sp³-hybridized carbons (Fsp3) is 0.240. The van der Waals surface area contributed by atoms with Gasteiger partial charge in [0.15, 0.2) is 0 Å². The Morgan fingerprint density at radius 3 is 2.91 bits per heavy atom. The van der Waals surface area contributed by atoms with Crippen LogP contribution in [0.4, 0.5) is 10.1 Å². The minimum absolute atomic E-state index is 0.139. The topological polar surface area (TPSA) is 68.5 Å². The predicted octanol–water partition coefficient (Wildman–Crippen LogP) is 5.75. The summed E-state index contributed by atoms with van der Waals surface area (Å²) in [7, 11) is 0. The molecule has 0 saturated carbocycles. The van der Waals surface area contributed by atoms with Gasteiger partial charge in [-0.25, -0.2) is 13.9 Å². The van der Waals surface area contributed by atoms with Gasteiger partial charge in [0, 0.05) is 23.6 Å². The van der Waals surface area contributed by atoms with Crippen molar-refractivity contribution in [1.82, 2.24) is 14.6 Å². The van der Waals surface area contributed by atoms with Crippen LogP contribution >= 0.6 is 11.8 Å². The third-order valence-corrected chi connectivity index (χ3v) is 6.08. The smallest absolute Gasteiger partial charge is 0.234 e. The molecular formula is C25H25FN4O2S. The highest BCUT2D eigenvalue weighted by atomic mass is 32.2. The number of rotatable bonds is 9. The Morgan fingerprint density at radius 2 is 2.06 bits per heavy atom. The Hall–Kier alpha value is -3.39. The SMILES string of the molecule is CCCCOc1ccccc1-c1cc2c(SCC(=O)Nc3cc(F)ccc3C)nccn2n1. The van der Waals surface area contributed by atoms with Crippen LogP contribution in [-0.2, 0) is 4.79 Å². The van der Waals surface area contributed by atoms with Crippen molar-refractivity contribution in [3.63, 3.8) is 0 Å². The highest BCUT2D eigenvalue weighted by molar-refractivity contribution is 8.00. The molecule has 0 aliphatic heterocycles. The van der Waals surface area contributed by atoms with Crippen LogP contribution in [0, 0.1) is 12.7 Å². The molecular weight excluding hydrogens is 439 g/mol. The second kappa shape index (κ2) is 10.5. The molecule has 33 heavy (non-hydrogen) atoms. The molecule has 0 fully saturated rings. The van der Waals surface area contributed by atoms with Crippen molar-refractivity contribution < 1.29 is 13.9 Å². The van der Waals surface area contributed by atoms with Gasteiger partial charge in [-0.1, -0.05) is 43.3 Å². The van der Waals surface area contributed by atoms with Crippen LogP contribution in [0.15, 0.2) is 66.0 Å². The molecule has 0 bridgehead atoms. The second-order valence-corrected chi connectivity index (χ2v) is 8.55. The summed E-state index contributed by atoms with van der Waals surface area (Å²) >= 11 is 1.31. The molecule has 2 aromatic carbocycles. The van der Waals surface area contributed by atoms with Crippen LogP contribution in [0.25, 0.3) is 16.8 Å². The number of hydrogen-bond acceptors (Lipinski definition) is 5. The molecule has 0 spiro atoms. The van der Waals surface area contributed by atoms with Crippen LogP contribution in [0.5, 0.6) is 5.75 Å². The van der Waals surface area contributed by atoms with E-state index in [1.54, 1.807) is 23.0 Å². The van der Waals surface area contributed by atoms with E-state index in [0.29, 0.717) is 17.3 Å². The number of aryl methyl sites for hydroxylation is 1. The van der Waals surface area contributed by atoms with Gasteiger partial charge >= 0.3 is 0 Å². The van der Waals surface area contributed by atoms with E-state index in [4.69, 9.17) is 4.74 Å². The van der Waals surface area contributed by atoms with Crippen LogP contribution in [0.2, 0.25) is 0 Å². The van der Waals surface area contributed by atoms with E-state index in [-0.39, 0.29) is 17.5 Å². The van der Waals surface area contributed by atoms with E-state index >= 15 is 0 Å². The zero-order chi connectivity index (χ0) is 23.2. The maximum atomic E-state index is 13.5. The number of carbonyl (C=O) groups is 1. The largest absolute Gasteiger partial charge is 0.493 e. The first kappa shape index (κ1) is 22.8. The van der Waals surface area contributed by atoms with Crippen molar-refractivity contribution in [2.24, 2.45) is 0 Å². The molecule has 0 aliphatic carbocycles. The number of nitrogens with one attached hydrogen (secondary N) is 1. The van der Waals surface area contributed by atoms with E-state index in [2.05, 4.69) is 22.3 Å². The first-order chi connectivity index (χ1) is 16.0. The number of anilines is 1. The molecule has 0 radical (unpaired) electrons. The number of unbranched alkanes of at least 4 members (excludes halogenated alkanes) is 1. The molecule has 4 aromatic rings. The predicted molar refractivity (Wildman–Crippen MR) is 129 cm³/mol. The second-order valence-electron chi connectivity index (χ2n) is 7.59. The van der Waals surface area contributed by atoms with Gasteiger partial charge in [-0.2, -0.15) is 5.10 Å². The molecule has 0 unspecified atom stereocenters. The van der Waals surface area contributed by atoms with Crippen molar-refractivity contribution in [2.45, 2.75) is 31.7 Å². The fourth-order valence-corrected chi connectivity index (χ4v) is 4.10. The van der Waals surface area contributed by atoms with E-state index < -0.39 is 0 Å². The average molecular weight is 465 g/mol. The average Bonchev–Trinajstić information content (AvgIpc) is 3.25. The maximum absolute atomic E-state index is 13.5. The summed E-state index contributed by atoms with van der Waals surface area (Å²) in [6, 6.07) is 14.1. The van der Waals surface area contributed by atoms with Crippen LogP contribution < -0.4 is 10.1 Å². The Kier molecular flexibility index (Phi) is 7.24. The number of carbonyl (C=O) groups excluding carboxylic acids is 1. The van der Waals surface area contributed by atoms with E-state index in [0.717, 1.165) is 40.9 Å². The molecule has 0 aliphatic rings. The van der Waals surface area contributed by atoms with Gasteiger partial charge in [-0.15, -0.1) is 0 Å². The maximum Gasteiger partial charge on any atom is 0.234 e. The number of ether oxygens (including phenoxy) is 1. The molecule has 2 aromatic heterocycles. The Balaban J connectivity index is 1.51. The first-order valence-electron chi connectivity index (χ1n) is 10.8. The summed E-state index contributed by atoms with van der Waals surface area (Å²) < 4.78 is 21.2. The van der Waals surface area contributed by atoms with Crippen LogP contribution in [-0.4, -0.2) is 32.9 Å². The fourth-order valence-electron chi connectivity index (χ4n) is 3.32. The van der Waals surface area contributed by atoms with Gasteiger partial charge in [-0.3, -0.25) is 4.79 Å². The zero-order valence-corrected chi connectivity index (χ0v) is 19.4. The molecule has 1 amide bonds. The van der Waals surface area contributed by atoms with E-state index in [1.165, 1.54) is 23.9 Å². The number of nitrogens with zero attached hydrogens (tertiary/aromatic N) is 3. The molecule has 4 rings (SSSR count). The molecule has 6 nitrogen and oxygen atoms in total. The van der Waals surface area contributed by atoms with Crippen LogP contribution in [0.3, 0.4) is 0 Å². The molecule has 0 atom stereocenters. The van der Waals surface area contributed by atoms with E-state index in [1.807, 2.05) is 37.3 Å². The number of para-hydroxylation sites is 1. The van der Waals surface area contributed by atoms with Gasteiger partial charge < -0.3 is 10.1 Å². The lowest BCUT2D eigenvalue weighted by Crippen LogP contribution is -2.15. The number of halogens is 1. The first-order valence-corrected chi connectivity index (χ1v) is 11.8. The lowest BCUT2D eigenvalue weighted by Gasteiger charge is -2.09. The molecule has 8 heteroatoms. The molecule has 170 valence electrons. The summed E-state index contributed by atoms with van der Waals surface area (Å²) in [5.74, 6) is 0.314. The standard InChI is InChI=1S/C25H25FN4O2S/c1-3-4-13-32-23-8-6-5-7-19(23)21-15-22-25(27-11-12-30(22)29-21)33-16-24(31)28-20-14-18(26)10-9-17(20)2/h5-12,14-15H,3-4,13,16H2,1-2H3,(H,28,31). The summed E-state index contributed by atoms with van der Waals surface area (Å²) in [4.78, 5) is 16.9. The Bertz CT molecular complexity index is 1270. The van der Waals surface area contributed by atoms with Gasteiger partial charge in [0.1, 0.15) is 16.6 Å². The Labute approximate surface area is 196 Å². The number of hydrogen-bond donors (Lipinski definition) is 1. The highest BCUT2D eigenvalue weighted by Gasteiger charge is 2.14.